The summed E-state index contributed by atoms with van der Waals surface area (Å²) in [6.45, 7) is 3.51. The topological polar surface area (TPSA) is 91.6 Å². The van der Waals surface area contributed by atoms with E-state index in [9.17, 15) is 15.3 Å². The van der Waals surface area contributed by atoms with E-state index in [2.05, 4.69) is 36.1 Å². The number of nitrogens with zero attached hydrogens (tertiary/aromatic N) is 1. The van der Waals surface area contributed by atoms with Crippen molar-refractivity contribution in [2.75, 3.05) is 45.9 Å². The van der Waals surface area contributed by atoms with Crippen molar-refractivity contribution in [3.8, 4) is 0 Å². The average Bonchev–Trinajstić information content (AvgIpc) is 3.45. The summed E-state index contributed by atoms with van der Waals surface area (Å²) >= 11 is 0. The molecule has 3 unspecified atom stereocenters. The van der Waals surface area contributed by atoms with E-state index < -0.39 is 28.5 Å². The molecule has 4 fully saturated rings. The van der Waals surface area contributed by atoms with Gasteiger partial charge in [0, 0.05) is 51.1 Å². The molecule has 1 spiro atoms. The van der Waals surface area contributed by atoms with Gasteiger partial charge in [-0.1, -0.05) is 24.6 Å². The van der Waals surface area contributed by atoms with Gasteiger partial charge in [0.05, 0.1) is 31.0 Å². The van der Waals surface area contributed by atoms with E-state index in [-0.39, 0.29) is 24.4 Å². The fraction of sp³-hybridized carbons (Fsp3) is 0.742. The van der Waals surface area contributed by atoms with Crippen molar-refractivity contribution in [2.24, 2.45) is 17.3 Å². The molecule has 6 rings (SSSR count). The number of rotatable bonds is 5. The summed E-state index contributed by atoms with van der Waals surface area (Å²) in [5, 5.41) is 35.4. The number of ether oxygens (including phenoxy) is 3. The molecule has 210 valence electrons. The average molecular weight is 528 g/mol. The van der Waals surface area contributed by atoms with Crippen molar-refractivity contribution in [3.05, 3.63) is 41.0 Å². The van der Waals surface area contributed by atoms with Crippen LogP contribution in [0.5, 0.6) is 0 Å². The standard InChI is InChI=1S/C31H45NO6/c1-28-17-23(20-5-7-21(8-6-20)32(2)3)27-22(24(28)11-14-31(28,35)26(33)18-36-4)9-12-29(34)19-30(13-10-25(27)29)37-15-16-38-30/h5-8,22-24,26,33-35H,9-19H2,1-4H3/t22?,23-,24?,26?,28+,29-,31+/m1/s1. The second kappa shape index (κ2) is 9.28. The molecule has 3 N–H and O–H groups in total. The third-order valence-corrected chi connectivity index (χ3v) is 11.1. The Hall–Kier alpha value is -1.48. The predicted octanol–water partition coefficient (Wildman–Crippen LogP) is 3.76. The van der Waals surface area contributed by atoms with Crippen LogP contribution in [0.4, 0.5) is 5.69 Å². The molecule has 7 heteroatoms. The summed E-state index contributed by atoms with van der Waals surface area (Å²) in [4.78, 5) is 2.10. The van der Waals surface area contributed by atoms with E-state index in [1.54, 1.807) is 7.11 Å². The zero-order chi connectivity index (χ0) is 26.9. The van der Waals surface area contributed by atoms with Crippen LogP contribution in [0, 0.1) is 17.3 Å². The number of benzene rings is 1. The van der Waals surface area contributed by atoms with Crippen molar-refractivity contribution in [3.63, 3.8) is 0 Å². The van der Waals surface area contributed by atoms with E-state index >= 15 is 0 Å². The summed E-state index contributed by atoms with van der Waals surface area (Å²) in [6, 6.07) is 8.76. The number of hydrogen-bond acceptors (Lipinski definition) is 7. The Labute approximate surface area is 226 Å². The summed E-state index contributed by atoms with van der Waals surface area (Å²) in [5.74, 6) is -0.0719. The van der Waals surface area contributed by atoms with Crippen LogP contribution >= 0.6 is 0 Å². The van der Waals surface area contributed by atoms with Gasteiger partial charge in [0.15, 0.2) is 5.79 Å². The van der Waals surface area contributed by atoms with Crippen molar-refractivity contribution in [1.82, 2.24) is 0 Å². The van der Waals surface area contributed by atoms with Gasteiger partial charge in [-0.05, 0) is 73.6 Å². The third-order valence-electron chi connectivity index (χ3n) is 11.1. The van der Waals surface area contributed by atoms with Crippen LogP contribution in [0.25, 0.3) is 0 Å². The highest BCUT2D eigenvalue weighted by molar-refractivity contribution is 5.50. The molecule has 7 atom stereocenters. The largest absolute Gasteiger partial charge is 0.388 e. The minimum atomic E-state index is -1.21. The number of fused-ring (bicyclic) bond motifs is 4. The maximum Gasteiger partial charge on any atom is 0.171 e. The van der Waals surface area contributed by atoms with Crippen LogP contribution in [0.15, 0.2) is 35.4 Å². The Morgan fingerprint density at radius 2 is 1.76 bits per heavy atom. The van der Waals surface area contributed by atoms with Crippen LogP contribution in [0.2, 0.25) is 0 Å². The van der Waals surface area contributed by atoms with Gasteiger partial charge in [-0.25, -0.2) is 0 Å². The normalized spacial score (nSPS) is 40.6. The second-order valence-corrected chi connectivity index (χ2v) is 13.1. The molecule has 38 heavy (non-hydrogen) atoms. The first-order chi connectivity index (χ1) is 18.1. The molecular formula is C31H45NO6. The molecule has 0 aromatic heterocycles. The fourth-order valence-corrected chi connectivity index (χ4v) is 9.20. The van der Waals surface area contributed by atoms with E-state index in [0.717, 1.165) is 37.8 Å². The molecule has 1 saturated heterocycles. The van der Waals surface area contributed by atoms with Crippen LogP contribution in [0.1, 0.15) is 69.8 Å². The Kier molecular flexibility index (Phi) is 6.53. The van der Waals surface area contributed by atoms with Crippen molar-refractivity contribution < 1.29 is 29.5 Å². The van der Waals surface area contributed by atoms with Gasteiger partial charge in [-0.15, -0.1) is 0 Å². The number of hydrogen-bond donors (Lipinski definition) is 3. The summed E-state index contributed by atoms with van der Waals surface area (Å²) < 4.78 is 17.4. The quantitative estimate of drug-likeness (QED) is 0.502. The molecule has 7 nitrogen and oxygen atoms in total. The van der Waals surface area contributed by atoms with Gasteiger partial charge in [-0.3, -0.25) is 0 Å². The summed E-state index contributed by atoms with van der Waals surface area (Å²) in [5.41, 5.74) is 2.35. The van der Waals surface area contributed by atoms with E-state index in [1.807, 2.05) is 14.1 Å². The number of allylic oxidation sites excluding steroid dienone is 1. The molecule has 3 saturated carbocycles. The van der Waals surface area contributed by atoms with E-state index in [0.29, 0.717) is 32.5 Å². The van der Waals surface area contributed by atoms with Gasteiger partial charge >= 0.3 is 0 Å². The lowest BCUT2D eigenvalue weighted by molar-refractivity contribution is -0.209. The summed E-state index contributed by atoms with van der Waals surface area (Å²) in [7, 11) is 5.67. The highest BCUT2D eigenvalue weighted by atomic mass is 16.7. The third kappa shape index (κ3) is 3.84. The predicted molar refractivity (Wildman–Crippen MR) is 145 cm³/mol. The minimum absolute atomic E-state index is 0.0677. The summed E-state index contributed by atoms with van der Waals surface area (Å²) in [6.07, 6.45) is 4.84. The Morgan fingerprint density at radius 1 is 1.05 bits per heavy atom. The van der Waals surface area contributed by atoms with Gasteiger partial charge in [-0.2, -0.15) is 0 Å². The van der Waals surface area contributed by atoms with Crippen LogP contribution in [0.3, 0.4) is 0 Å². The van der Waals surface area contributed by atoms with Gasteiger partial charge in [0.2, 0.25) is 0 Å². The monoisotopic (exact) mass is 527 g/mol. The Balaban J connectivity index is 1.46. The SMILES string of the molecule is COCC(O)[C@@]1(O)CCC2C3CC[C@@]4(O)CC5(CCC4=C3[C@@H](c3ccc(N(C)C)cc3)C[C@@]21C)OCCO5. The maximum absolute atomic E-state index is 12.2. The first kappa shape index (κ1) is 26.7. The molecule has 0 amide bonds. The molecular weight excluding hydrogens is 482 g/mol. The first-order valence-corrected chi connectivity index (χ1v) is 14.5. The second-order valence-electron chi connectivity index (χ2n) is 13.1. The number of anilines is 1. The minimum Gasteiger partial charge on any atom is -0.388 e. The fourth-order valence-electron chi connectivity index (χ4n) is 9.20. The Bertz CT molecular complexity index is 1080. The molecule has 1 heterocycles. The molecule has 4 aliphatic carbocycles. The molecule has 0 radical (unpaired) electrons. The van der Waals surface area contributed by atoms with Crippen LogP contribution in [-0.2, 0) is 14.2 Å². The molecule has 1 aromatic carbocycles. The number of aliphatic hydroxyl groups is 3. The van der Waals surface area contributed by atoms with Gasteiger partial charge < -0.3 is 34.4 Å². The van der Waals surface area contributed by atoms with Gasteiger partial charge in [0.25, 0.3) is 0 Å². The highest BCUT2D eigenvalue weighted by Crippen LogP contribution is 2.68. The zero-order valence-corrected chi connectivity index (χ0v) is 23.4. The van der Waals surface area contributed by atoms with E-state index in [1.165, 1.54) is 16.7 Å². The van der Waals surface area contributed by atoms with Crippen LogP contribution < -0.4 is 4.90 Å². The lowest BCUT2D eigenvalue weighted by Crippen LogP contribution is -2.59. The smallest absolute Gasteiger partial charge is 0.171 e. The van der Waals surface area contributed by atoms with Crippen molar-refractivity contribution >= 4 is 5.69 Å². The Morgan fingerprint density at radius 3 is 2.42 bits per heavy atom. The van der Waals surface area contributed by atoms with Crippen molar-refractivity contribution in [1.29, 1.82) is 0 Å². The lowest BCUT2D eigenvalue weighted by Gasteiger charge is -2.58. The first-order valence-electron chi connectivity index (χ1n) is 14.5. The molecule has 5 aliphatic rings. The lowest BCUT2D eigenvalue weighted by atomic mass is 9.49. The maximum atomic E-state index is 12.2. The molecule has 1 aliphatic heterocycles. The van der Waals surface area contributed by atoms with E-state index in [4.69, 9.17) is 14.2 Å². The van der Waals surface area contributed by atoms with Crippen molar-refractivity contribution in [2.45, 2.75) is 87.3 Å². The molecule has 1 aromatic rings. The highest BCUT2D eigenvalue weighted by Gasteiger charge is 2.66. The zero-order valence-electron chi connectivity index (χ0n) is 23.4. The number of methoxy groups -OCH3 is 1. The van der Waals surface area contributed by atoms with Gasteiger partial charge in [0.1, 0.15) is 6.10 Å². The molecule has 0 bridgehead atoms. The van der Waals surface area contributed by atoms with Crippen LogP contribution in [-0.4, -0.2) is 79.4 Å². The number of aliphatic hydroxyl groups excluding tert-OH is 1.